The predicted octanol–water partition coefficient (Wildman–Crippen LogP) is 3.56. The molecule has 78 valence electrons. The molecule has 0 heterocycles. The number of rotatable bonds is 3. The Kier molecular flexibility index (Phi) is 3.22. The molecule has 1 nitrogen and oxygen atoms in total. The fourth-order valence-electron chi connectivity index (χ4n) is 1.87. The molecular formula is C13H13ClO. The first-order chi connectivity index (χ1) is 7.25. The smallest absolute Gasteiger partial charge is 0.162 e. The number of allylic oxidation sites excluding steroid dienone is 2. The first kappa shape index (κ1) is 10.4. The summed E-state index contributed by atoms with van der Waals surface area (Å²) in [5.41, 5.74) is 2.00. The van der Waals surface area contributed by atoms with Crippen LogP contribution in [0.2, 0.25) is 5.02 Å². The van der Waals surface area contributed by atoms with E-state index < -0.39 is 0 Å². The topological polar surface area (TPSA) is 17.1 Å². The zero-order valence-electron chi connectivity index (χ0n) is 8.50. The van der Waals surface area contributed by atoms with Gasteiger partial charge in [-0.3, -0.25) is 4.79 Å². The molecule has 0 aliphatic heterocycles. The third-order valence-corrected chi connectivity index (χ3v) is 2.89. The van der Waals surface area contributed by atoms with Crippen LogP contribution in [0.25, 0.3) is 0 Å². The molecule has 1 aliphatic rings. The molecule has 0 saturated carbocycles. The molecule has 0 radical (unpaired) electrons. The third kappa shape index (κ3) is 2.69. The van der Waals surface area contributed by atoms with Gasteiger partial charge in [-0.05, 0) is 42.5 Å². The van der Waals surface area contributed by atoms with Crippen LogP contribution in [0.15, 0.2) is 35.9 Å². The van der Waals surface area contributed by atoms with Gasteiger partial charge >= 0.3 is 0 Å². The molecule has 1 aromatic carbocycles. The van der Waals surface area contributed by atoms with Gasteiger partial charge in [0.1, 0.15) is 0 Å². The van der Waals surface area contributed by atoms with E-state index in [4.69, 9.17) is 11.6 Å². The monoisotopic (exact) mass is 220 g/mol. The van der Waals surface area contributed by atoms with Crippen molar-refractivity contribution < 1.29 is 4.79 Å². The Balaban J connectivity index is 2.05. The van der Waals surface area contributed by atoms with E-state index in [1.165, 1.54) is 0 Å². The molecular weight excluding hydrogens is 208 g/mol. The van der Waals surface area contributed by atoms with Crippen LogP contribution < -0.4 is 0 Å². The van der Waals surface area contributed by atoms with Gasteiger partial charge in [0.05, 0.1) is 0 Å². The molecule has 0 aromatic heterocycles. The van der Waals surface area contributed by atoms with Crippen molar-refractivity contribution in [1.29, 1.82) is 0 Å². The van der Waals surface area contributed by atoms with Crippen molar-refractivity contribution in [1.82, 2.24) is 0 Å². The lowest BCUT2D eigenvalue weighted by molar-refractivity contribution is -0.115. The van der Waals surface area contributed by atoms with Crippen LogP contribution in [0.3, 0.4) is 0 Å². The highest BCUT2D eigenvalue weighted by atomic mass is 35.5. The normalized spacial score (nSPS) is 15.1. The summed E-state index contributed by atoms with van der Waals surface area (Å²) in [4.78, 5) is 11.8. The van der Waals surface area contributed by atoms with Crippen LogP contribution >= 0.6 is 11.6 Å². The van der Waals surface area contributed by atoms with E-state index in [-0.39, 0.29) is 5.78 Å². The second kappa shape index (κ2) is 4.63. The summed E-state index contributed by atoms with van der Waals surface area (Å²) in [6, 6.07) is 7.51. The van der Waals surface area contributed by atoms with E-state index >= 15 is 0 Å². The number of Topliss-reactive ketones (excluding diaryl/α,β-unsaturated/α-hetero) is 1. The van der Waals surface area contributed by atoms with Crippen molar-refractivity contribution in [2.24, 2.45) is 0 Å². The summed E-state index contributed by atoms with van der Waals surface area (Å²) in [5, 5.41) is 0.695. The lowest BCUT2D eigenvalue weighted by atomic mass is 10.0. The summed E-state index contributed by atoms with van der Waals surface area (Å²) in [7, 11) is 0. The first-order valence-electron chi connectivity index (χ1n) is 5.22. The first-order valence-corrected chi connectivity index (χ1v) is 5.60. The fraction of sp³-hybridized carbons (Fsp3) is 0.308. The summed E-state index contributed by atoms with van der Waals surface area (Å²) < 4.78 is 0. The van der Waals surface area contributed by atoms with E-state index in [0.29, 0.717) is 11.4 Å². The molecule has 0 amide bonds. The maximum absolute atomic E-state index is 11.8. The van der Waals surface area contributed by atoms with Crippen LogP contribution in [0.4, 0.5) is 0 Å². The standard InChI is InChI=1S/C13H13ClO/c14-12-7-3-4-10(8-12)9-13(15)11-5-1-2-6-11/h3-5,7-8H,1-2,6,9H2. The number of carbonyl (C=O) groups excluding carboxylic acids is 1. The highest BCUT2D eigenvalue weighted by molar-refractivity contribution is 6.30. The Hall–Kier alpha value is -1.08. The lowest BCUT2D eigenvalue weighted by Gasteiger charge is -2.02. The lowest BCUT2D eigenvalue weighted by Crippen LogP contribution is -2.04. The molecule has 15 heavy (non-hydrogen) atoms. The minimum absolute atomic E-state index is 0.245. The van der Waals surface area contributed by atoms with Crippen LogP contribution in [-0.2, 0) is 11.2 Å². The van der Waals surface area contributed by atoms with Crippen LogP contribution in [0, 0.1) is 0 Å². The summed E-state index contributed by atoms with van der Waals surface area (Å²) in [5.74, 6) is 0.245. The Bertz CT molecular complexity index is 407. The highest BCUT2D eigenvalue weighted by Crippen LogP contribution is 2.20. The van der Waals surface area contributed by atoms with E-state index in [1.54, 1.807) is 0 Å². The van der Waals surface area contributed by atoms with Gasteiger partial charge in [-0.25, -0.2) is 0 Å². The van der Waals surface area contributed by atoms with Crippen molar-refractivity contribution in [3.8, 4) is 0 Å². The average Bonchev–Trinajstić information content (AvgIpc) is 2.70. The third-order valence-electron chi connectivity index (χ3n) is 2.65. The Morgan fingerprint density at radius 2 is 2.27 bits per heavy atom. The molecule has 0 unspecified atom stereocenters. The number of halogens is 1. The van der Waals surface area contributed by atoms with Crippen molar-refractivity contribution in [3.63, 3.8) is 0 Å². The fourth-order valence-corrected chi connectivity index (χ4v) is 2.08. The van der Waals surface area contributed by atoms with Crippen molar-refractivity contribution >= 4 is 17.4 Å². The largest absolute Gasteiger partial charge is 0.294 e. The van der Waals surface area contributed by atoms with Crippen molar-refractivity contribution in [2.75, 3.05) is 0 Å². The zero-order valence-corrected chi connectivity index (χ0v) is 9.26. The Labute approximate surface area is 94.8 Å². The molecule has 0 bridgehead atoms. The van der Waals surface area contributed by atoms with Gasteiger partial charge in [0, 0.05) is 11.4 Å². The van der Waals surface area contributed by atoms with Crippen LogP contribution in [0.1, 0.15) is 24.8 Å². The predicted molar refractivity (Wildman–Crippen MR) is 62.1 cm³/mol. The molecule has 0 saturated heterocycles. The van der Waals surface area contributed by atoms with Gasteiger partial charge < -0.3 is 0 Å². The molecule has 2 heteroatoms. The maximum Gasteiger partial charge on any atom is 0.162 e. The van der Waals surface area contributed by atoms with Gasteiger partial charge in [0.25, 0.3) is 0 Å². The summed E-state index contributed by atoms with van der Waals surface area (Å²) in [6.07, 6.45) is 5.66. The quantitative estimate of drug-likeness (QED) is 0.761. The van der Waals surface area contributed by atoms with E-state index in [9.17, 15) is 4.79 Å². The van der Waals surface area contributed by atoms with Gasteiger partial charge in [0.2, 0.25) is 0 Å². The van der Waals surface area contributed by atoms with Gasteiger partial charge in [-0.1, -0.05) is 29.8 Å². The highest BCUT2D eigenvalue weighted by Gasteiger charge is 2.13. The number of hydrogen-bond acceptors (Lipinski definition) is 1. The van der Waals surface area contributed by atoms with Gasteiger partial charge in [-0.15, -0.1) is 0 Å². The minimum Gasteiger partial charge on any atom is -0.294 e. The van der Waals surface area contributed by atoms with Gasteiger partial charge in [-0.2, -0.15) is 0 Å². The van der Waals surface area contributed by atoms with Gasteiger partial charge in [0.15, 0.2) is 5.78 Å². The second-order valence-electron chi connectivity index (χ2n) is 3.85. The van der Waals surface area contributed by atoms with E-state index in [0.717, 1.165) is 30.4 Å². The molecule has 1 aliphatic carbocycles. The minimum atomic E-state index is 0.245. The molecule has 0 atom stereocenters. The summed E-state index contributed by atoms with van der Waals surface area (Å²) in [6.45, 7) is 0. The summed E-state index contributed by atoms with van der Waals surface area (Å²) >= 11 is 5.86. The molecule has 0 spiro atoms. The maximum atomic E-state index is 11.8. The molecule has 0 fully saturated rings. The van der Waals surface area contributed by atoms with E-state index in [2.05, 4.69) is 6.08 Å². The second-order valence-corrected chi connectivity index (χ2v) is 4.29. The molecule has 2 rings (SSSR count). The average molecular weight is 221 g/mol. The Morgan fingerprint density at radius 1 is 1.40 bits per heavy atom. The van der Waals surface area contributed by atoms with E-state index in [1.807, 2.05) is 24.3 Å². The Morgan fingerprint density at radius 3 is 2.93 bits per heavy atom. The number of carbonyl (C=O) groups is 1. The molecule has 0 N–H and O–H groups in total. The zero-order chi connectivity index (χ0) is 10.7. The van der Waals surface area contributed by atoms with Crippen molar-refractivity contribution in [3.05, 3.63) is 46.5 Å². The SMILES string of the molecule is O=C(Cc1cccc(Cl)c1)C1=CCCC1. The van der Waals surface area contributed by atoms with Crippen LogP contribution in [-0.4, -0.2) is 5.78 Å². The number of ketones is 1. The van der Waals surface area contributed by atoms with Crippen LogP contribution in [0.5, 0.6) is 0 Å². The number of benzene rings is 1. The molecule has 1 aromatic rings. The number of hydrogen-bond donors (Lipinski definition) is 0. The van der Waals surface area contributed by atoms with Crippen molar-refractivity contribution in [2.45, 2.75) is 25.7 Å².